The fourth-order valence-electron chi connectivity index (χ4n) is 2.69. The predicted molar refractivity (Wildman–Crippen MR) is 77.0 cm³/mol. The van der Waals surface area contributed by atoms with Gasteiger partial charge in [-0.25, -0.2) is 0 Å². The molecular weight excluding hydrogens is 224 g/mol. The highest BCUT2D eigenvalue weighted by atomic mass is 15.2. The zero-order valence-corrected chi connectivity index (χ0v) is 12.1. The molecule has 18 heavy (non-hydrogen) atoms. The van der Waals surface area contributed by atoms with Crippen LogP contribution in [0.25, 0.3) is 0 Å². The van der Waals surface area contributed by atoms with Crippen molar-refractivity contribution in [2.24, 2.45) is 4.99 Å². The number of likely N-dealkylation sites (N-methyl/N-ethyl adjacent to an activating group) is 1. The van der Waals surface area contributed by atoms with Gasteiger partial charge in [0.05, 0.1) is 0 Å². The van der Waals surface area contributed by atoms with Gasteiger partial charge in [0, 0.05) is 31.7 Å². The quantitative estimate of drug-likeness (QED) is 0.576. The van der Waals surface area contributed by atoms with Gasteiger partial charge in [0.25, 0.3) is 0 Å². The molecule has 1 unspecified atom stereocenters. The number of aliphatic imine (C=N–C) groups is 1. The molecule has 0 aromatic carbocycles. The van der Waals surface area contributed by atoms with Gasteiger partial charge in [-0.2, -0.15) is 0 Å². The molecule has 0 heterocycles. The molecular formula is C14H28N4. The van der Waals surface area contributed by atoms with E-state index in [2.05, 4.69) is 34.5 Å². The smallest absolute Gasteiger partial charge is 0.191 e. The van der Waals surface area contributed by atoms with Crippen LogP contribution in [0.15, 0.2) is 4.99 Å². The summed E-state index contributed by atoms with van der Waals surface area (Å²) in [6.45, 7) is 3.26. The predicted octanol–water partition coefficient (Wildman–Crippen LogP) is 1.58. The van der Waals surface area contributed by atoms with Gasteiger partial charge in [0.15, 0.2) is 5.96 Å². The maximum atomic E-state index is 4.32. The number of nitrogens with zero attached hydrogens (tertiary/aromatic N) is 2. The maximum absolute atomic E-state index is 4.32. The molecule has 0 saturated heterocycles. The average molecular weight is 252 g/mol. The van der Waals surface area contributed by atoms with Crippen molar-refractivity contribution in [2.45, 2.75) is 63.6 Å². The lowest BCUT2D eigenvalue weighted by Gasteiger charge is -2.26. The molecule has 104 valence electrons. The van der Waals surface area contributed by atoms with Crippen molar-refractivity contribution in [1.82, 2.24) is 15.5 Å². The fraction of sp³-hybridized carbons (Fsp3) is 0.929. The minimum absolute atomic E-state index is 0.569. The topological polar surface area (TPSA) is 39.7 Å². The summed E-state index contributed by atoms with van der Waals surface area (Å²) in [5.41, 5.74) is 0. The Morgan fingerprint density at radius 2 is 1.94 bits per heavy atom. The summed E-state index contributed by atoms with van der Waals surface area (Å²) in [6, 6.07) is 2.03. The van der Waals surface area contributed by atoms with Crippen molar-refractivity contribution in [3.05, 3.63) is 0 Å². The minimum Gasteiger partial charge on any atom is -0.355 e. The summed E-state index contributed by atoms with van der Waals surface area (Å²) in [6.07, 6.45) is 8.03. The molecule has 2 rings (SSSR count). The Bertz CT molecular complexity index is 280. The average Bonchev–Trinajstić information content (AvgIpc) is 3.11. The first-order valence-corrected chi connectivity index (χ1v) is 7.40. The van der Waals surface area contributed by atoms with Gasteiger partial charge in [0.1, 0.15) is 0 Å². The van der Waals surface area contributed by atoms with E-state index in [4.69, 9.17) is 0 Å². The lowest BCUT2D eigenvalue weighted by atomic mass is 10.2. The first-order valence-electron chi connectivity index (χ1n) is 7.40. The second-order valence-electron chi connectivity index (χ2n) is 5.82. The van der Waals surface area contributed by atoms with Crippen LogP contribution in [0.1, 0.15) is 45.4 Å². The monoisotopic (exact) mass is 252 g/mol. The number of hydrogen-bond acceptors (Lipinski definition) is 2. The SMILES string of the molecule is CN=C(NCC(C)N(C)C1CC1)NC1CCCC1. The molecule has 4 heteroatoms. The zero-order valence-electron chi connectivity index (χ0n) is 12.1. The van der Waals surface area contributed by atoms with E-state index in [0.717, 1.165) is 18.5 Å². The third-order valence-electron chi connectivity index (χ3n) is 4.30. The zero-order chi connectivity index (χ0) is 13.0. The van der Waals surface area contributed by atoms with E-state index in [9.17, 15) is 0 Å². The molecule has 0 radical (unpaired) electrons. The maximum Gasteiger partial charge on any atom is 0.191 e. The Morgan fingerprint density at radius 3 is 2.50 bits per heavy atom. The highest BCUT2D eigenvalue weighted by molar-refractivity contribution is 5.80. The lowest BCUT2D eigenvalue weighted by Crippen LogP contribution is -2.47. The molecule has 2 aliphatic carbocycles. The van der Waals surface area contributed by atoms with E-state index >= 15 is 0 Å². The van der Waals surface area contributed by atoms with Crippen LogP contribution in [-0.4, -0.2) is 49.6 Å². The van der Waals surface area contributed by atoms with E-state index in [-0.39, 0.29) is 0 Å². The number of rotatable bonds is 5. The number of hydrogen-bond donors (Lipinski definition) is 2. The highest BCUT2D eigenvalue weighted by Crippen LogP contribution is 2.26. The summed E-state index contributed by atoms with van der Waals surface area (Å²) in [4.78, 5) is 6.80. The van der Waals surface area contributed by atoms with Crippen LogP contribution >= 0.6 is 0 Å². The molecule has 4 nitrogen and oxygen atoms in total. The summed E-state index contributed by atoms with van der Waals surface area (Å²) in [5, 5.41) is 6.98. The molecule has 0 bridgehead atoms. The standard InChI is InChI=1S/C14H28N4/c1-11(18(3)13-8-9-13)10-16-14(15-2)17-12-6-4-5-7-12/h11-13H,4-10H2,1-3H3,(H2,15,16,17). The molecule has 2 aliphatic rings. The van der Waals surface area contributed by atoms with Gasteiger partial charge in [0.2, 0.25) is 0 Å². The Morgan fingerprint density at radius 1 is 1.28 bits per heavy atom. The Kier molecular flexibility index (Phi) is 4.87. The van der Waals surface area contributed by atoms with Gasteiger partial charge in [-0.1, -0.05) is 12.8 Å². The van der Waals surface area contributed by atoms with E-state index in [1.807, 2.05) is 7.05 Å². The molecule has 0 aliphatic heterocycles. The second kappa shape index (κ2) is 6.41. The van der Waals surface area contributed by atoms with Gasteiger partial charge in [-0.05, 0) is 39.7 Å². The van der Waals surface area contributed by atoms with E-state index in [0.29, 0.717) is 12.1 Å². The molecule has 2 saturated carbocycles. The molecule has 0 amide bonds. The molecule has 2 fully saturated rings. The van der Waals surface area contributed by atoms with E-state index in [1.54, 1.807) is 0 Å². The van der Waals surface area contributed by atoms with Crippen molar-refractivity contribution < 1.29 is 0 Å². The number of guanidine groups is 1. The van der Waals surface area contributed by atoms with E-state index < -0.39 is 0 Å². The summed E-state index contributed by atoms with van der Waals surface area (Å²) in [5.74, 6) is 0.970. The van der Waals surface area contributed by atoms with Crippen molar-refractivity contribution in [3.63, 3.8) is 0 Å². The molecule has 0 spiro atoms. The van der Waals surface area contributed by atoms with Gasteiger partial charge < -0.3 is 10.6 Å². The molecule has 1 atom stereocenters. The van der Waals surface area contributed by atoms with Crippen LogP contribution in [0.2, 0.25) is 0 Å². The van der Waals surface area contributed by atoms with Gasteiger partial charge in [-0.3, -0.25) is 9.89 Å². The van der Waals surface area contributed by atoms with Crippen LogP contribution in [0.5, 0.6) is 0 Å². The lowest BCUT2D eigenvalue weighted by molar-refractivity contribution is 0.247. The van der Waals surface area contributed by atoms with Crippen molar-refractivity contribution in [1.29, 1.82) is 0 Å². The Labute approximate surface area is 111 Å². The van der Waals surface area contributed by atoms with Crippen LogP contribution in [0.3, 0.4) is 0 Å². The third kappa shape index (κ3) is 3.87. The van der Waals surface area contributed by atoms with Crippen LogP contribution in [0, 0.1) is 0 Å². The summed E-state index contributed by atoms with van der Waals surface area (Å²) < 4.78 is 0. The minimum atomic E-state index is 0.569. The van der Waals surface area contributed by atoms with Gasteiger partial charge >= 0.3 is 0 Å². The molecule has 0 aromatic heterocycles. The number of nitrogens with one attached hydrogen (secondary N) is 2. The first-order chi connectivity index (χ1) is 8.70. The van der Waals surface area contributed by atoms with Crippen LogP contribution < -0.4 is 10.6 Å². The van der Waals surface area contributed by atoms with Crippen molar-refractivity contribution in [2.75, 3.05) is 20.6 Å². The second-order valence-corrected chi connectivity index (χ2v) is 5.82. The largest absolute Gasteiger partial charge is 0.355 e. The van der Waals surface area contributed by atoms with Crippen LogP contribution in [-0.2, 0) is 0 Å². The normalized spacial score (nSPS) is 23.4. The first kappa shape index (κ1) is 13.7. The van der Waals surface area contributed by atoms with E-state index in [1.165, 1.54) is 38.5 Å². The van der Waals surface area contributed by atoms with Crippen molar-refractivity contribution in [3.8, 4) is 0 Å². The highest BCUT2D eigenvalue weighted by Gasteiger charge is 2.29. The molecule has 2 N–H and O–H groups in total. The van der Waals surface area contributed by atoms with Crippen LogP contribution in [0.4, 0.5) is 0 Å². The third-order valence-corrected chi connectivity index (χ3v) is 4.30. The Balaban J connectivity index is 1.69. The Hall–Kier alpha value is -0.770. The molecule has 0 aromatic rings. The van der Waals surface area contributed by atoms with Gasteiger partial charge in [-0.15, -0.1) is 0 Å². The van der Waals surface area contributed by atoms with Crippen molar-refractivity contribution >= 4 is 5.96 Å². The summed E-state index contributed by atoms with van der Waals surface area (Å²) >= 11 is 0. The summed E-state index contributed by atoms with van der Waals surface area (Å²) in [7, 11) is 4.09. The fourth-order valence-corrected chi connectivity index (χ4v) is 2.69.